The Kier molecular flexibility index (Phi) is 3.41. The van der Waals surface area contributed by atoms with Gasteiger partial charge in [-0.25, -0.2) is 0 Å². The number of nitrogens with zero attached hydrogens (tertiary/aromatic N) is 4. The van der Waals surface area contributed by atoms with Crippen molar-refractivity contribution in [1.82, 2.24) is 14.5 Å². The van der Waals surface area contributed by atoms with Crippen molar-refractivity contribution in [2.24, 2.45) is 0 Å². The van der Waals surface area contributed by atoms with Crippen LogP contribution >= 0.6 is 0 Å². The fourth-order valence-electron chi connectivity index (χ4n) is 3.35. The van der Waals surface area contributed by atoms with Crippen LogP contribution in [0, 0.1) is 0 Å². The van der Waals surface area contributed by atoms with Crippen molar-refractivity contribution >= 4 is 27.5 Å². The summed E-state index contributed by atoms with van der Waals surface area (Å²) in [5.41, 5.74) is 2.10. The predicted octanol–water partition coefficient (Wildman–Crippen LogP) is 3.34. The first-order chi connectivity index (χ1) is 11.1. The van der Waals surface area contributed by atoms with E-state index in [1.165, 1.54) is 0 Å². The van der Waals surface area contributed by atoms with E-state index in [1.54, 1.807) is 18.5 Å². The third-order valence-corrected chi connectivity index (χ3v) is 4.65. The van der Waals surface area contributed by atoms with E-state index in [2.05, 4.69) is 21.8 Å². The molecule has 0 N–H and O–H groups in total. The number of fused-ring (bicyclic) bond motifs is 3. The summed E-state index contributed by atoms with van der Waals surface area (Å²) in [7, 11) is 2.10. The van der Waals surface area contributed by atoms with Gasteiger partial charge in [0.1, 0.15) is 0 Å². The van der Waals surface area contributed by atoms with Gasteiger partial charge in [0, 0.05) is 55.0 Å². The summed E-state index contributed by atoms with van der Waals surface area (Å²) in [5.74, 6) is 0. The Morgan fingerprint density at radius 2 is 1.78 bits per heavy atom. The minimum atomic E-state index is -2.57. The van der Waals surface area contributed by atoms with E-state index in [0.717, 1.165) is 47.2 Å². The molecule has 0 atom stereocenters. The fraction of sp³-hybridized carbons (Fsp3) is 0.353. The molecule has 0 spiro atoms. The number of hydrogen-bond donors (Lipinski definition) is 0. The number of hydrogen-bond acceptors (Lipinski definition) is 3. The van der Waals surface area contributed by atoms with E-state index in [4.69, 9.17) is 0 Å². The van der Waals surface area contributed by atoms with Crippen LogP contribution in [0.2, 0.25) is 0 Å². The number of piperazine rings is 1. The highest BCUT2D eigenvalue weighted by molar-refractivity contribution is 6.08. The summed E-state index contributed by atoms with van der Waals surface area (Å²) in [6, 6.07) is 7.49. The van der Waals surface area contributed by atoms with E-state index < -0.39 is 6.55 Å². The van der Waals surface area contributed by atoms with Crippen molar-refractivity contribution < 1.29 is 8.78 Å². The quantitative estimate of drug-likeness (QED) is 0.725. The Balaban J connectivity index is 1.87. The van der Waals surface area contributed by atoms with Crippen molar-refractivity contribution in [3.05, 3.63) is 36.7 Å². The van der Waals surface area contributed by atoms with Crippen LogP contribution in [0.1, 0.15) is 6.55 Å². The molecule has 0 aliphatic carbocycles. The number of aromatic nitrogens is 2. The topological polar surface area (TPSA) is 24.3 Å². The number of alkyl halides is 2. The molecular weight excluding hydrogens is 298 g/mol. The molecule has 23 heavy (non-hydrogen) atoms. The molecule has 3 aromatic rings. The van der Waals surface area contributed by atoms with Crippen LogP contribution in [0.4, 0.5) is 14.5 Å². The Labute approximate surface area is 132 Å². The van der Waals surface area contributed by atoms with Gasteiger partial charge in [-0.1, -0.05) is 6.07 Å². The monoisotopic (exact) mass is 316 g/mol. The van der Waals surface area contributed by atoms with Crippen LogP contribution in [-0.2, 0) is 0 Å². The summed E-state index contributed by atoms with van der Waals surface area (Å²) in [5, 5.41) is 1.60. The van der Waals surface area contributed by atoms with E-state index in [0.29, 0.717) is 11.0 Å². The van der Waals surface area contributed by atoms with Gasteiger partial charge in [-0.05, 0) is 25.2 Å². The number of likely N-dealkylation sites (N-methyl/N-ethyl adjacent to an activating group) is 1. The molecule has 6 heteroatoms. The Morgan fingerprint density at radius 3 is 2.52 bits per heavy atom. The van der Waals surface area contributed by atoms with Gasteiger partial charge < -0.3 is 9.80 Å². The first-order valence-electron chi connectivity index (χ1n) is 7.74. The van der Waals surface area contributed by atoms with Crippen LogP contribution in [-0.4, -0.2) is 47.7 Å². The van der Waals surface area contributed by atoms with Gasteiger partial charge in [-0.2, -0.15) is 8.78 Å². The Morgan fingerprint density at radius 1 is 1.00 bits per heavy atom. The molecule has 0 amide bonds. The lowest BCUT2D eigenvalue weighted by Gasteiger charge is -2.34. The van der Waals surface area contributed by atoms with Crippen molar-refractivity contribution in [3.8, 4) is 0 Å². The maximum atomic E-state index is 13.6. The summed E-state index contributed by atoms with van der Waals surface area (Å²) < 4.78 is 28.3. The normalized spacial score (nSPS) is 16.8. The molecule has 1 aromatic carbocycles. The molecule has 1 saturated heterocycles. The molecule has 0 radical (unpaired) electrons. The van der Waals surface area contributed by atoms with E-state index >= 15 is 0 Å². The second-order valence-corrected chi connectivity index (χ2v) is 6.03. The minimum Gasteiger partial charge on any atom is -0.369 e. The number of halogens is 2. The lowest BCUT2D eigenvalue weighted by molar-refractivity contribution is 0.0796. The third-order valence-electron chi connectivity index (χ3n) is 4.65. The Bertz CT molecular complexity index is 850. The summed E-state index contributed by atoms with van der Waals surface area (Å²) >= 11 is 0. The molecule has 4 nitrogen and oxygen atoms in total. The molecule has 0 saturated carbocycles. The minimum absolute atomic E-state index is 0.528. The maximum absolute atomic E-state index is 13.6. The summed E-state index contributed by atoms with van der Waals surface area (Å²) in [6.07, 6.45) is 3.22. The van der Waals surface area contributed by atoms with Gasteiger partial charge in [0.25, 0.3) is 0 Å². The number of rotatable bonds is 2. The SMILES string of the molecule is CN1CCN(c2ccc3c4cnccc4n(C(F)F)c3c2)CC1. The van der Waals surface area contributed by atoms with Gasteiger partial charge in [0.2, 0.25) is 0 Å². The van der Waals surface area contributed by atoms with Crippen LogP contribution in [0.25, 0.3) is 21.8 Å². The first kappa shape index (κ1) is 14.4. The van der Waals surface area contributed by atoms with Gasteiger partial charge in [0.15, 0.2) is 0 Å². The highest BCUT2D eigenvalue weighted by Gasteiger charge is 2.19. The average Bonchev–Trinajstić information content (AvgIpc) is 2.89. The molecule has 4 rings (SSSR count). The lowest BCUT2D eigenvalue weighted by atomic mass is 10.1. The number of anilines is 1. The molecule has 1 fully saturated rings. The van der Waals surface area contributed by atoms with Crippen molar-refractivity contribution in [2.75, 3.05) is 38.1 Å². The summed E-state index contributed by atoms with van der Waals surface area (Å²) in [4.78, 5) is 8.61. The van der Waals surface area contributed by atoms with Crippen LogP contribution in [0.5, 0.6) is 0 Å². The highest BCUT2D eigenvalue weighted by Crippen LogP contribution is 2.34. The van der Waals surface area contributed by atoms with Crippen molar-refractivity contribution in [2.45, 2.75) is 6.55 Å². The zero-order valence-electron chi connectivity index (χ0n) is 12.9. The molecule has 0 bridgehead atoms. The second kappa shape index (κ2) is 5.45. The molecule has 2 aromatic heterocycles. The zero-order valence-corrected chi connectivity index (χ0v) is 12.9. The van der Waals surface area contributed by atoms with Gasteiger partial charge >= 0.3 is 6.55 Å². The second-order valence-electron chi connectivity index (χ2n) is 6.03. The molecule has 120 valence electrons. The maximum Gasteiger partial charge on any atom is 0.319 e. The lowest BCUT2D eigenvalue weighted by Crippen LogP contribution is -2.44. The number of pyridine rings is 1. The molecule has 1 aliphatic rings. The van der Waals surface area contributed by atoms with Crippen molar-refractivity contribution in [1.29, 1.82) is 0 Å². The molecule has 1 aliphatic heterocycles. The smallest absolute Gasteiger partial charge is 0.319 e. The van der Waals surface area contributed by atoms with Gasteiger partial charge in [-0.15, -0.1) is 0 Å². The van der Waals surface area contributed by atoms with Gasteiger partial charge in [0.05, 0.1) is 11.0 Å². The van der Waals surface area contributed by atoms with Gasteiger partial charge in [-0.3, -0.25) is 9.55 Å². The molecule has 0 unspecified atom stereocenters. The first-order valence-corrected chi connectivity index (χ1v) is 7.74. The predicted molar refractivity (Wildman–Crippen MR) is 88.2 cm³/mol. The highest BCUT2D eigenvalue weighted by atomic mass is 19.3. The largest absolute Gasteiger partial charge is 0.369 e. The van der Waals surface area contributed by atoms with Crippen molar-refractivity contribution in [3.63, 3.8) is 0 Å². The molecular formula is C17H18F2N4. The van der Waals surface area contributed by atoms with E-state index in [-0.39, 0.29) is 0 Å². The zero-order chi connectivity index (χ0) is 16.0. The average molecular weight is 316 g/mol. The van der Waals surface area contributed by atoms with Crippen LogP contribution in [0.15, 0.2) is 36.7 Å². The summed E-state index contributed by atoms with van der Waals surface area (Å²) in [6.45, 7) is 1.23. The standard InChI is InChI=1S/C17H18F2N4/c1-21-6-8-22(9-7-21)12-2-3-13-14-11-20-5-4-15(14)23(17(18)19)16(13)10-12/h2-5,10-11,17H,6-9H2,1H3. The Hall–Kier alpha value is -2.21. The fourth-order valence-corrected chi connectivity index (χ4v) is 3.35. The van der Waals surface area contributed by atoms with Crippen LogP contribution < -0.4 is 4.90 Å². The molecule has 3 heterocycles. The van der Waals surface area contributed by atoms with E-state index in [1.807, 2.05) is 18.2 Å². The third kappa shape index (κ3) is 2.34. The van der Waals surface area contributed by atoms with Crippen LogP contribution in [0.3, 0.4) is 0 Å². The number of benzene rings is 1. The van der Waals surface area contributed by atoms with E-state index in [9.17, 15) is 8.78 Å².